The van der Waals surface area contributed by atoms with E-state index in [-0.39, 0.29) is 37.8 Å². The van der Waals surface area contributed by atoms with Gasteiger partial charge in [-0.05, 0) is 36.8 Å². The molecule has 1 aliphatic rings. The third kappa shape index (κ3) is 4.76. The number of morpholine rings is 1. The van der Waals surface area contributed by atoms with Crippen LogP contribution in [0, 0.1) is 6.92 Å². The molecule has 3 rings (SSSR count). The van der Waals surface area contributed by atoms with Crippen LogP contribution in [0.15, 0.2) is 36.8 Å². The fourth-order valence-electron chi connectivity index (χ4n) is 3.08. The van der Waals surface area contributed by atoms with Crippen molar-refractivity contribution in [2.75, 3.05) is 26.3 Å². The van der Waals surface area contributed by atoms with Crippen molar-refractivity contribution < 1.29 is 19.1 Å². The second-order valence-corrected chi connectivity index (χ2v) is 7.10. The summed E-state index contributed by atoms with van der Waals surface area (Å²) >= 11 is 6.04. The Morgan fingerprint density at radius 3 is 2.89 bits per heavy atom. The number of aromatic nitrogens is 2. The van der Waals surface area contributed by atoms with Gasteiger partial charge in [-0.15, -0.1) is 0 Å². The van der Waals surface area contributed by atoms with Gasteiger partial charge >= 0.3 is 0 Å². The largest absolute Gasteiger partial charge is 0.490 e. The lowest BCUT2D eigenvalue weighted by Gasteiger charge is -2.41. The molecule has 0 saturated carbocycles. The van der Waals surface area contributed by atoms with E-state index in [9.17, 15) is 9.59 Å². The van der Waals surface area contributed by atoms with Crippen molar-refractivity contribution in [2.45, 2.75) is 18.9 Å². The molecule has 0 spiro atoms. The van der Waals surface area contributed by atoms with Crippen molar-refractivity contribution >= 4 is 23.4 Å². The highest BCUT2D eigenvalue weighted by atomic mass is 35.5. The number of primary amides is 1. The molecular weight excluding hydrogens is 384 g/mol. The molecule has 1 fully saturated rings. The number of hydrogen-bond acceptors (Lipinski definition) is 6. The zero-order valence-electron chi connectivity index (χ0n) is 15.4. The minimum Gasteiger partial charge on any atom is -0.490 e. The maximum Gasteiger partial charge on any atom is 0.272 e. The Balaban J connectivity index is 1.76. The predicted molar refractivity (Wildman–Crippen MR) is 102 cm³/mol. The number of benzene rings is 1. The van der Waals surface area contributed by atoms with Crippen molar-refractivity contribution in [3.63, 3.8) is 0 Å². The number of ether oxygens (including phenoxy) is 2. The van der Waals surface area contributed by atoms with Crippen LogP contribution in [-0.2, 0) is 9.53 Å². The third-order valence-corrected chi connectivity index (χ3v) is 4.89. The molecule has 1 atom stereocenters. The fraction of sp³-hybridized carbons (Fsp3) is 0.368. The Bertz CT molecular complexity index is 864. The molecule has 1 saturated heterocycles. The minimum atomic E-state index is -1.04. The summed E-state index contributed by atoms with van der Waals surface area (Å²) in [6, 6.07) is 6.81. The second kappa shape index (κ2) is 8.53. The van der Waals surface area contributed by atoms with E-state index in [0.717, 1.165) is 5.56 Å². The van der Waals surface area contributed by atoms with Crippen LogP contribution in [0.1, 0.15) is 22.5 Å². The third-order valence-electron chi connectivity index (χ3n) is 4.46. The molecule has 0 bridgehead atoms. The quantitative estimate of drug-likeness (QED) is 0.783. The van der Waals surface area contributed by atoms with Crippen molar-refractivity contribution in [2.24, 2.45) is 5.73 Å². The molecule has 2 amide bonds. The molecule has 8 nitrogen and oxygen atoms in total. The summed E-state index contributed by atoms with van der Waals surface area (Å²) in [6.07, 6.45) is 2.74. The summed E-state index contributed by atoms with van der Waals surface area (Å²) in [5.41, 5.74) is 5.54. The van der Waals surface area contributed by atoms with Crippen LogP contribution in [0.25, 0.3) is 0 Å². The van der Waals surface area contributed by atoms with Gasteiger partial charge < -0.3 is 20.1 Å². The van der Waals surface area contributed by atoms with Gasteiger partial charge in [0.15, 0.2) is 0 Å². The number of carbonyl (C=O) groups is 2. The number of hydrogen-bond donors (Lipinski definition) is 1. The number of rotatable bonds is 6. The van der Waals surface area contributed by atoms with E-state index in [4.69, 9.17) is 26.8 Å². The molecule has 1 aliphatic heterocycles. The van der Waals surface area contributed by atoms with E-state index in [1.54, 1.807) is 29.2 Å². The molecule has 2 N–H and O–H groups in total. The Morgan fingerprint density at radius 2 is 2.21 bits per heavy atom. The lowest BCUT2D eigenvalue weighted by Crippen LogP contribution is -2.58. The fourth-order valence-corrected chi connectivity index (χ4v) is 3.20. The number of halogens is 1. The standard InChI is InChI=1S/C19H21ClN4O4/c1-13-8-14(2-3-15(13)20)27-11-19(9-17(21)25)10-24(6-7-28-19)18(26)16-4-5-22-12-23-16/h2-5,8,12H,6-7,9-11H2,1H3,(H2,21,25). The monoisotopic (exact) mass is 404 g/mol. The van der Waals surface area contributed by atoms with E-state index in [0.29, 0.717) is 17.3 Å². The molecule has 2 aromatic rings. The Kier molecular flexibility index (Phi) is 6.11. The van der Waals surface area contributed by atoms with Crippen molar-refractivity contribution in [3.8, 4) is 5.75 Å². The van der Waals surface area contributed by atoms with Gasteiger partial charge in [0.25, 0.3) is 5.91 Å². The van der Waals surface area contributed by atoms with E-state index in [2.05, 4.69) is 9.97 Å². The highest BCUT2D eigenvalue weighted by molar-refractivity contribution is 6.31. The molecule has 0 aliphatic carbocycles. The summed E-state index contributed by atoms with van der Waals surface area (Å²) in [6.45, 7) is 2.72. The number of aryl methyl sites for hydroxylation is 1. The number of carbonyl (C=O) groups excluding carboxylic acids is 2. The predicted octanol–water partition coefficient (Wildman–Crippen LogP) is 1.60. The Labute approximate surface area is 167 Å². The van der Waals surface area contributed by atoms with Crippen molar-refractivity contribution in [1.29, 1.82) is 0 Å². The van der Waals surface area contributed by atoms with Gasteiger partial charge in [0.05, 0.1) is 19.6 Å². The number of nitrogens with zero attached hydrogens (tertiary/aromatic N) is 3. The van der Waals surface area contributed by atoms with Gasteiger partial charge in [-0.1, -0.05) is 11.6 Å². The van der Waals surface area contributed by atoms with E-state index in [1.807, 2.05) is 6.92 Å². The average molecular weight is 405 g/mol. The molecular formula is C19H21ClN4O4. The second-order valence-electron chi connectivity index (χ2n) is 6.70. The molecule has 9 heteroatoms. The molecule has 1 unspecified atom stereocenters. The zero-order valence-corrected chi connectivity index (χ0v) is 16.2. The Morgan fingerprint density at radius 1 is 1.39 bits per heavy atom. The smallest absolute Gasteiger partial charge is 0.272 e. The molecule has 2 heterocycles. The summed E-state index contributed by atoms with van der Waals surface area (Å²) in [5.74, 6) is -0.206. The van der Waals surface area contributed by atoms with Gasteiger partial charge in [0, 0.05) is 17.8 Å². The first kappa shape index (κ1) is 20.0. The van der Waals surface area contributed by atoms with Gasteiger partial charge in [-0.3, -0.25) is 9.59 Å². The van der Waals surface area contributed by atoms with Crippen LogP contribution >= 0.6 is 11.6 Å². The molecule has 1 aromatic heterocycles. The normalized spacial score (nSPS) is 19.3. The first-order chi connectivity index (χ1) is 13.4. The lowest BCUT2D eigenvalue weighted by molar-refractivity contribution is -0.142. The number of amides is 2. The average Bonchev–Trinajstić information content (AvgIpc) is 2.69. The van der Waals surface area contributed by atoms with E-state index >= 15 is 0 Å². The van der Waals surface area contributed by atoms with Crippen molar-refractivity contribution in [1.82, 2.24) is 14.9 Å². The zero-order chi connectivity index (χ0) is 20.1. The van der Waals surface area contributed by atoms with Gasteiger partial charge in [-0.25, -0.2) is 9.97 Å². The highest BCUT2D eigenvalue weighted by Crippen LogP contribution is 2.26. The molecule has 28 heavy (non-hydrogen) atoms. The van der Waals surface area contributed by atoms with Crippen LogP contribution in [0.5, 0.6) is 5.75 Å². The van der Waals surface area contributed by atoms with Crippen LogP contribution < -0.4 is 10.5 Å². The summed E-state index contributed by atoms with van der Waals surface area (Å²) < 4.78 is 11.8. The first-order valence-corrected chi connectivity index (χ1v) is 9.13. The Hall–Kier alpha value is -2.71. The highest BCUT2D eigenvalue weighted by Gasteiger charge is 2.41. The van der Waals surface area contributed by atoms with Crippen molar-refractivity contribution in [3.05, 3.63) is 53.1 Å². The van der Waals surface area contributed by atoms with E-state index in [1.165, 1.54) is 12.5 Å². The summed E-state index contributed by atoms with van der Waals surface area (Å²) in [5, 5.41) is 0.634. The molecule has 1 aromatic carbocycles. The topological polar surface area (TPSA) is 108 Å². The maximum atomic E-state index is 12.7. The van der Waals surface area contributed by atoms with Gasteiger partial charge in [0.1, 0.15) is 30.0 Å². The number of nitrogens with two attached hydrogens (primary N) is 1. The lowest BCUT2D eigenvalue weighted by atomic mass is 9.97. The SMILES string of the molecule is Cc1cc(OCC2(CC(N)=O)CN(C(=O)c3ccncn3)CCO2)ccc1Cl. The van der Waals surface area contributed by atoms with Crippen LogP contribution in [-0.4, -0.2) is 58.6 Å². The van der Waals surface area contributed by atoms with Crippen LogP contribution in [0.2, 0.25) is 5.02 Å². The minimum absolute atomic E-state index is 0.0601. The van der Waals surface area contributed by atoms with Gasteiger partial charge in [0.2, 0.25) is 5.91 Å². The summed E-state index contributed by atoms with van der Waals surface area (Å²) in [7, 11) is 0. The summed E-state index contributed by atoms with van der Waals surface area (Å²) in [4.78, 5) is 33.8. The maximum absolute atomic E-state index is 12.7. The molecule has 0 radical (unpaired) electrons. The van der Waals surface area contributed by atoms with Crippen LogP contribution in [0.4, 0.5) is 0 Å². The van der Waals surface area contributed by atoms with Crippen LogP contribution in [0.3, 0.4) is 0 Å². The first-order valence-electron chi connectivity index (χ1n) is 8.75. The molecule has 148 valence electrons. The van der Waals surface area contributed by atoms with Gasteiger partial charge in [-0.2, -0.15) is 0 Å². The van der Waals surface area contributed by atoms with E-state index < -0.39 is 11.5 Å².